The molecule has 0 bridgehead atoms. The van der Waals surface area contributed by atoms with Gasteiger partial charge in [0.2, 0.25) is 5.91 Å². The van der Waals surface area contributed by atoms with E-state index in [1.165, 1.54) is 0 Å². The van der Waals surface area contributed by atoms with Gasteiger partial charge in [-0.2, -0.15) is 0 Å². The van der Waals surface area contributed by atoms with Crippen LogP contribution in [0, 0.1) is 0 Å². The van der Waals surface area contributed by atoms with E-state index in [9.17, 15) is 4.79 Å². The van der Waals surface area contributed by atoms with Crippen molar-refractivity contribution in [2.45, 2.75) is 39.3 Å². The second kappa shape index (κ2) is 6.66. The van der Waals surface area contributed by atoms with Crippen molar-refractivity contribution in [3.8, 4) is 0 Å². The molecule has 0 saturated heterocycles. The minimum atomic E-state index is -0.0666. The molecule has 0 aromatic heterocycles. The highest BCUT2D eigenvalue weighted by atomic mass is 16.5. The van der Waals surface area contributed by atoms with Crippen molar-refractivity contribution in [2.24, 2.45) is 0 Å². The van der Waals surface area contributed by atoms with Crippen molar-refractivity contribution in [1.82, 2.24) is 5.32 Å². The molecule has 3 nitrogen and oxygen atoms in total. The summed E-state index contributed by atoms with van der Waals surface area (Å²) in [6.45, 7) is 9.48. The van der Waals surface area contributed by atoms with Crippen molar-refractivity contribution in [2.75, 3.05) is 6.61 Å². The van der Waals surface area contributed by atoms with Crippen LogP contribution in [0.5, 0.6) is 0 Å². The summed E-state index contributed by atoms with van der Waals surface area (Å²) in [5, 5.41) is 2.80. The predicted molar refractivity (Wildman–Crippen MR) is 53.5 cm³/mol. The van der Waals surface area contributed by atoms with E-state index in [0.717, 1.165) is 6.42 Å². The van der Waals surface area contributed by atoms with E-state index in [-0.39, 0.29) is 24.7 Å². The van der Waals surface area contributed by atoms with Crippen molar-refractivity contribution in [1.29, 1.82) is 0 Å². The van der Waals surface area contributed by atoms with E-state index < -0.39 is 0 Å². The van der Waals surface area contributed by atoms with Crippen LogP contribution >= 0.6 is 0 Å². The average Bonchev–Trinajstić information content (AvgIpc) is 2.01. The number of hydrogen-bond donors (Lipinski definition) is 1. The van der Waals surface area contributed by atoms with Gasteiger partial charge in [0, 0.05) is 6.04 Å². The van der Waals surface area contributed by atoms with E-state index in [1.54, 1.807) is 6.08 Å². The zero-order chi connectivity index (χ0) is 10.3. The van der Waals surface area contributed by atoms with E-state index in [2.05, 4.69) is 11.9 Å². The highest BCUT2D eigenvalue weighted by Gasteiger charge is 2.06. The predicted octanol–water partition coefficient (Wildman–Crippen LogP) is 1.49. The largest absolute Gasteiger partial charge is 0.369 e. The maximum atomic E-state index is 11.2. The number of carbonyl (C=O) groups is 1. The summed E-state index contributed by atoms with van der Waals surface area (Å²) in [7, 11) is 0. The fraction of sp³-hybridized carbons (Fsp3) is 0.700. The van der Waals surface area contributed by atoms with Crippen molar-refractivity contribution >= 4 is 5.91 Å². The Kier molecular flexibility index (Phi) is 6.24. The van der Waals surface area contributed by atoms with Gasteiger partial charge in [-0.1, -0.05) is 6.08 Å². The molecule has 0 spiro atoms. The smallest absolute Gasteiger partial charge is 0.246 e. The van der Waals surface area contributed by atoms with Crippen LogP contribution in [0.3, 0.4) is 0 Å². The lowest BCUT2D eigenvalue weighted by molar-refractivity contribution is -0.127. The molecule has 1 unspecified atom stereocenters. The first kappa shape index (κ1) is 12.2. The molecule has 0 fully saturated rings. The molecule has 13 heavy (non-hydrogen) atoms. The third kappa shape index (κ3) is 7.53. The number of rotatable bonds is 6. The molecule has 0 aromatic carbocycles. The molecule has 1 N–H and O–H groups in total. The third-order valence-electron chi connectivity index (χ3n) is 1.48. The Hall–Kier alpha value is -0.830. The van der Waals surface area contributed by atoms with Gasteiger partial charge in [-0.15, -0.1) is 6.58 Å². The topological polar surface area (TPSA) is 38.3 Å². The van der Waals surface area contributed by atoms with Crippen LogP contribution in [-0.2, 0) is 9.53 Å². The quantitative estimate of drug-likeness (QED) is 0.637. The highest BCUT2D eigenvalue weighted by molar-refractivity contribution is 5.77. The minimum absolute atomic E-state index is 0.0666. The Bertz CT molecular complexity index is 166. The first-order valence-electron chi connectivity index (χ1n) is 4.58. The molecule has 0 aliphatic rings. The van der Waals surface area contributed by atoms with Crippen LogP contribution in [-0.4, -0.2) is 24.7 Å². The number of hydrogen-bond acceptors (Lipinski definition) is 2. The Labute approximate surface area is 80.2 Å². The number of carbonyl (C=O) groups excluding carboxylic acids is 1. The van der Waals surface area contributed by atoms with Gasteiger partial charge in [0.05, 0.1) is 6.10 Å². The van der Waals surface area contributed by atoms with Crippen molar-refractivity contribution < 1.29 is 9.53 Å². The van der Waals surface area contributed by atoms with Gasteiger partial charge in [-0.05, 0) is 27.2 Å². The van der Waals surface area contributed by atoms with Crippen LogP contribution in [0.15, 0.2) is 12.7 Å². The minimum Gasteiger partial charge on any atom is -0.369 e. The van der Waals surface area contributed by atoms with Gasteiger partial charge in [-0.3, -0.25) is 4.79 Å². The molecule has 0 saturated carbocycles. The maximum Gasteiger partial charge on any atom is 0.246 e. The van der Waals surface area contributed by atoms with Gasteiger partial charge < -0.3 is 10.1 Å². The van der Waals surface area contributed by atoms with Gasteiger partial charge in [0.25, 0.3) is 0 Å². The van der Waals surface area contributed by atoms with E-state index in [0.29, 0.717) is 0 Å². The zero-order valence-corrected chi connectivity index (χ0v) is 8.67. The Morgan fingerprint density at radius 1 is 1.54 bits per heavy atom. The number of ether oxygens (including phenoxy) is 1. The molecule has 0 aliphatic carbocycles. The van der Waals surface area contributed by atoms with E-state index >= 15 is 0 Å². The molecule has 1 atom stereocenters. The van der Waals surface area contributed by atoms with Crippen LogP contribution in [0.1, 0.15) is 27.2 Å². The average molecular weight is 185 g/mol. The second-order valence-electron chi connectivity index (χ2n) is 3.35. The summed E-state index contributed by atoms with van der Waals surface area (Å²) in [6, 6.07) is 0.140. The van der Waals surface area contributed by atoms with Crippen LogP contribution in [0.4, 0.5) is 0 Å². The van der Waals surface area contributed by atoms with Crippen LogP contribution < -0.4 is 5.32 Å². The van der Waals surface area contributed by atoms with Gasteiger partial charge >= 0.3 is 0 Å². The number of nitrogens with one attached hydrogen (secondary N) is 1. The summed E-state index contributed by atoms with van der Waals surface area (Å²) in [5.41, 5.74) is 0. The van der Waals surface area contributed by atoms with E-state index in [1.807, 2.05) is 20.8 Å². The molecule has 0 heterocycles. The molecular weight excluding hydrogens is 166 g/mol. The molecule has 3 heteroatoms. The zero-order valence-electron chi connectivity index (χ0n) is 8.67. The fourth-order valence-corrected chi connectivity index (χ4v) is 0.868. The lowest BCUT2D eigenvalue weighted by atomic mass is 10.2. The Morgan fingerprint density at radius 3 is 2.62 bits per heavy atom. The molecule has 0 aromatic rings. The highest BCUT2D eigenvalue weighted by Crippen LogP contribution is 1.92. The first-order valence-corrected chi connectivity index (χ1v) is 4.58. The lowest BCUT2D eigenvalue weighted by Gasteiger charge is -2.12. The normalized spacial score (nSPS) is 12.6. The first-order chi connectivity index (χ1) is 6.06. The summed E-state index contributed by atoms with van der Waals surface area (Å²) in [4.78, 5) is 11.2. The third-order valence-corrected chi connectivity index (χ3v) is 1.48. The van der Waals surface area contributed by atoms with Crippen LogP contribution in [0.25, 0.3) is 0 Å². The van der Waals surface area contributed by atoms with E-state index in [4.69, 9.17) is 4.74 Å². The lowest BCUT2D eigenvalue weighted by Crippen LogP contribution is -2.35. The SMILES string of the molecule is C=CCC(C)NC(=O)COC(C)C. The molecule has 1 amide bonds. The van der Waals surface area contributed by atoms with Gasteiger partial charge in [-0.25, -0.2) is 0 Å². The Balaban J connectivity index is 3.55. The monoisotopic (exact) mass is 185 g/mol. The molecule has 0 aliphatic heterocycles. The molecule has 76 valence electrons. The summed E-state index contributed by atoms with van der Waals surface area (Å²) in [6.07, 6.45) is 2.67. The second-order valence-corrected chi connectivity index (χ2v) is 3.35. The summed E-state index contributed by atoms with van der Waals surface area (Å²) in [5.74, 6) is -0.0666. The maximum absolute atomic E-state index is 11.2. The fourth-order valence-electron chi connectivity index (χ4n) is 0.868. The molecule has 0 rings (SSSR count). The summed E-state index contributed by atoms with van der Waals surface area (Å²) >= 11 is 0. The van der Waals surface area contributed by atoms with Crippen molar-refractivity contribution in [3.63, 3.8) is 0 Å². The Morgan fingerprint density at radius 2 is 2.15 bits per heavy atom. The standard InChI is InChI=1S/C10H19NO2/c1-5-6-9(4)11-10(12)7-13-8(2)3/h5,8-9H,1,6-7H2,2-4H3,(H,11,12). The summed E-state index contributed by atoms with van der Waals surface area (Å²) < 4.78 is 5.14. The molecule has 0 radical (unpaired) electrons. The molecular formula is C10H19NO2. The van der Waals surface area contributed by atoms with Gasteiger partial charge in [0.15, 0.2) is 0 Å². The van der Waals surface area contributed by atoms with Crippen molar-refractivity contribution in [3.05, 3.63) is 12.7 Å². The number of amides is 1. The van der Waals surface area contributed by atoms with Crippen LogP contribution in [0.2, 0.25) is 0 Å². The van der Waals surface area contributed by atoms with Gasteiger partial charge in [0.1, 0.15) is 6.61 Å².